The van der Waals surface area contributed by atoms with E-state index in [1.165, 1.54) is 12.1 Å². The number of para-hydroxylation sites is 1. The molecule has 3 aromatic rings. The monoisotopic (exact) mass is 345 g/mol. The number of fused-ring (bicyclic) bond motifs is 6. The Morgan fingerprint density at radius 1 is 0.846 bits per heavy atom. The van der Waals surface area contributed by atoms with E-state index in [2.05, 4.69) is 0 Å². The average molecular weight is 345 g/mol. The van der Waals surface area contributed by atoms with Gasteiger partial charge in [-0.05, 0) is 18.2 Å². The van der Waals surface area contributed by atoms with E-state index in [-0.39, 0.29) is 5.69 Å². The molecule has 5 rings (SSSR count). The molecule has 126 valence electrons. The summed E-state index contributed by atoms with van der Waals surface area (Å²) < 4.78 is 11.8. The molecule has 0 bridgehead atoms. The molecule has 0 N–H and O–H groups in total. The summed E-state index contributed by atoms with van der Waals surface area (Å²) in [6.45, 7) is 0. The standard InChI is InChI=1S/C20H11NO5/c22-19-13-5-1-2-6-14(13)20(26-19)15-7-3-4-8-17(15)25-18-10-9-12(21(23)24)11-16(18)20/h1-11H. The van der Waals surface area contributed by atoms with E-state index < -0.39 is 16.5 Å². The van der Waals surface area contributed by atoms with Gasteiger partial charge in [-0.25, -0.2) is 4.79 Å². The quantitative estimate of drug-likeness (QED) is 0.376. The minimum Gasteiger partial charge on any atom is -0.456 e. The van der Waals surface area contributed by atoms with Gasteiger partial charge in [0, 0.05) is 23.3 Å². The van der Waals surface area contributed by atoms with Crippen LogP contribution in [0.5, 0.6) is 11.5 Å². The number of ether oxygens (including phenoxy) is 2. The zero-order valence-corrected chi connectivity index (χ0v) is 13.3. The van der Waals surface area contributed by atoms with Crippen molar-refractivity contribution in [2.45, 2.75) is 5.60 Å². The summed E-state index contributed by atoms with van der Waals surface area (Å²) in [5.41, 5.74) is 0.842. The van der Waals surface area contributed by atoms with Crippen molar-refractivity contribution in [3.8, 4) is 11.5 Å². The summed E-state index contributed by atoms with van der Waals surface area (Å²) in [6.07, 6.45) is 0. The number of carbonyl (C=O) groups excluding carboxylic acids is 1. The van der Waals surface area contributed by atoms with E-state index in [0.29, 0.717) is 33.8 Å². The normalized spacial score (nSPS) is 19.2. The summed E-state index contributed by atoms with van der Waals surface area (Å²) >= 11 is 0. The van der Waals surface area contributed by atoms with Gasteiger partial charge in [0.2, 0.25) is 0 Å². The lowest BCUT2D eigenvalue weighted by Gasteiger charge is -2.36. The summed E-state index contributed by atoms with van der Waals surface area (Å²) in [4.78, 5) is 23.4. The van der Waals surface area contributed by atoms with Gasteiger partial charge >= 0.3 is 5.97 Å². The highest BCUT2D eigenvalue weighted by atomic mass is 16.6. The molecule has 2 aliphatic heterocycles. The molecule has 6 nitrogen and oxygen atoms in total. The van der Waals surface area contributed by atoms with Crippen LogP contribution in [0.1, 0.15) is 27.0 Å². The maximum atomic E-state index is 12.6. The number of hydrogen-bond acceptors (Lipinski definition) is 5. The summed E-state index contributed by atoms with van der Waals surface area (Å²) in [7, 11) is 0. The van der Waals surface area contributed by atoms with E-state index >= 15 is 0 Å². The molecule has 1 spiro atoms. The third-order valence-corrected chi connectivity index (χ3v) is 4.81. The van der Waals surface area contributed by atoms with E-state index in [0.717, 1.165) is 0 Å². The zero-order chi connectivity index (χ0) is 17.9. The highest BCUT2D eigenvalue weighted by Gasteiger charge is 2.53. The zero-order valence-electron chi connectivity index (χ0n) is 13.3. The Balaban J connectivity index is 1.90. The van der Waals surface area contributed by atoms with E-state index in [1.54, 1.807) is 24.3 Å². The molecule has 0 amide bonds. The molecular formula is C20H11NO5. The number of carbonyl (C=O) groups is 1. The molecular weight excluding hydrogens is 334 g/mol. The Bertz CT molecular complexity index is 1110. The lowest BCUT2D eigenvalue weighted by molar-refractivity contribution is -0.385. The van der Waals surface area contributed by atoms with Crippen molar-refractivity contribution in [1.29, 1.82) is 0 Å². The van der Waals surface area contributed by atoms with Gasteiger partial charge in [0.05, 0.1) is 16.1 Å². The highest BCUT2D eigenvalue weighted by Crippen LogP contribution is 2.56. The van der Waals surface area contributed by atoms with Gasteiger partial charge in [0.25, 0.3) is 5.69 Å². The predicted molar refractivity (Wildman–Crippen MR) is 91.4 cm³/mol. The third-order valence-electron chi connectivity index (χ3n) is 4.81. The second-order valence-corrected chi connectivity index (χ2v) is 6.15. The number of benzene rings is 3. The SMILES string of the molecule is O=C1OC2(c3ccccc3Oc3ccc([N+](=O)[O-])cc32)c2ccccc21. The van der Waals surface area contributed by atoms with Crippen LogP contribution in [0.2, 0.25) is 0 Å². The number of esters is 1. The molecule has 0 saturated carbocycles. The van der Waals surface area contributed by atoms with Crippen LogP contribution in [-0.2, 0) is 10.3 Å². The topological polar surface area (TPSA) is 78.7 Å². The minimum atomic E-state index is -1.26. The number of rotatable bonds is 1. The summed E-state index contributed by atoms with van der Waals surface area (Å²) in [5.74, 6) is 0.520. The van der Waals surface area contributed by atoms with Crippen molar-refractivity contribution in [3.63, 3.8) is 0 Å². The first-order valence-electron chi connectivity index (χ1n) is 8.00. The Hall–Kier alpha value is -3.67. The third kappa shape index (κ3) is 1.73. The van der Waals surface area contributed by atoms with Crippen LogP contribution in [0.4, 0.5) is 5.69 Å². The number of hydrogen-bond donors (Lipinski definition) is 0. The number of nitrogens with zero attached hydrogens (tertiary/aromatic N) is 1. The smallest absolute Gasteiger partial charge is 0.340 e. The van der Waals surface area contributed by atoms with Crippen LogP contribution < -0.4 is 4.74 Å². The first-order valence-corrected chi connectivity index (χ1v) is 8.00. The van der Waals surface area contributed by atoms with Gasteiger partial charge in [-0.3, -0.25) is 10.1 Å². The van der Waals surface area contributed by atoms with E-state index in [9.17, 15) is 14.9 Å². The molecule has 26 heavy (non-hydrogen) atoms. The van der Waals surface area contributed by atoms with Crippen molar-refractivity contribution < 1.29 is 19.2 Å². The number of non-ortho nitro benzene ring substituents is 1. The van der Waals surface area contributed by atoms with Crippen LogP contribution >= 0.6 is 0 Å². The fraction of sp³-hybridized carbons (Fsp3) is 0.0500. The maximum Gasteiger partial charge on any atom is 0.340 e. The van der Waals surface area contributed by atoms with Crippen molar-refractivity contribution >= 4 is 11.7 Å². The van der Waals surface area contributed by atoms with Crippen LogP contribution in [-0.4, -0.2) is 10.9 Å². The summed E-state index contributed by atoms with van der Waals surface area (Å²) in [6, 6.07) is 18.7. The molecule has 1 unspecified atom stereocenters. The van der Waals surface area contributed by atoms with Crippen LogP contribution in [0.25, 0.3) is 0 Å². The fourth-order valence-corrected chi connectivity index (χ4v) is 3.72. The molecule has 3 aromatic carbocycles. The van der Waals surface area contributed by atoms with Crippen LogP contribution in [0, 0.1) is 10.1 Å². The Labute approximate surface area is 147 Å². The van der Waals surface area contributed by atoms with Gasteiger partial charge in [0.1, 0.15) is 11.5 Å². The molecule has 1 atom stereocenters. The van der Waals surface area contributed by atoms with Crippen molar-refractivity contribution in [3.05, 3.63) is 99.1 Å². The second-order valence-electron chi connectivity index (χ2n) is 6.15. The largest absolute Gasteiger partial charge is 0.456 e. The number of nitro groups is 1. The van der Waals surface area contributed by atoms with Gasteiger partial charge < -0.3 is 9.47 Å². The molecule has 0 fully saturated rings. The van der Waals surface area contributed by atoms with E-state index in [1.807, 2.05) is 30.3 Å². The number of nitro benzene ring substituents is 1. The van der Waals surface area contributed by atoms with Crippen LogP contribution in [0.3, 0.4) is 0 Å². The van der Waals surface area contributed by atoms with Gasteiger partial charge in [0.15, 0.2) is 5.60 Å². The molecule has 0 saturated heterocycles. The van der Waals surface area contributed by atoms with Crippen molar-refractivity contribution in [2.75, 3.05) is 0 Å². The van der Waals surface area contributed by atoms with Crippen molar-refractivity contribution in [1.82, 2.24) is 0 Å². The highest BCUT2D eigenvalue weighted by molar-refractivity contribution is 5.97. The molecule has 6 heteroatoms. The van der Waals surface area contributed by atoms with E-state index in [4.69, 9.17) is 9.47 Å². The second kappa shape index (κ2) is 4.92. The molecule has 0 aliphatic carbocycles. The van der Waals surface area contributed by atoms with Gasteiger partial charge in [-0.2, -0.15) is 0 Å². The average Bonchev–Trinajstić information content (AvgIpc) is 2.96. The Kier molecular flexibility index (Phi) is 2.77. The first-order chi connectivity index (χ1) is 12.6. The molecule has 0 aromatic heterocycles. The minimum absolute atomic E-state index is 0.0912. The van der Waals surface area contributed by atoms with Gasteiger partial charge in [-0.1, -0.05) is 36.4 Å². The lowest BCUT2D eigenvalue weighted by Crippen LogP contribution is -2.33. The fourth-order valence-electron chi connectivity index (χ4n) is 3.72. The van der Waals surface area contributed by atoms with Gasteiger partial charge in [-0.15, -0.1) is 0 Å². The van der Waals surface area contributed by atoms with Crippen molar-refractivity contribution in [2.24, 2.45) is 0 Å². The molecule has 0 radical (unpaired) electrons. The first kappa shape index (κ1) is 14.7. The molecule has 2 aliphatic rings. The van der Waals surface area contributed by atoms with Crippen LogP contribution in [0.15, 0.2) is 66.7 Å². The lowest BCUT2D eigenvalue weighted by atomic mass is 9.77. The molecule has 2 heterocycles. The Morgan fingerprint density at radius 3 is 2.35 bits per heavy atom. The summed E-state index contributed by atoms with van der Waals surface area (Å²) in [5, 5.41) is 11.3. The predicted octanol–water partition coefficient (Wildman–Crippen LogP) is 4.16. The Morgan fingerprint density at radius 2 is 1.54 bits per heavy atom. The maximum absolute atomic E-state index is 12.6.